The van der Waals surface area contributed by atoms with Gasteiger partial charge in [-0.3, -0.25) is 4.79 Å². The summed E-state index contributed by atoms with van der Waals surface area (Å²) in [6, 6.07) is 16.7. The maximum Gasteiger partial charge on any atom is 0.271 e. The van der Waals surface area contributed by atoms with E-state index in [1.807, 2.05) is 54.6 Å². The molecular formula is C21H20ClN3O3S. The van der Waals surface area contributed by atoms with Crippen LogP contribution in [0.3, 0.4) is 0 Å². The van der Waals surface area contributed by atoms with E-state index in [0.29, 0.717) is 23.8 Å². The normalized spacial score (nSPS) is 16.0. The highest BCUT2D eigenvalue weighted by molar-refractivity contribution is 7.92. The quantitative estimate of drug-likeness (QED) is 0.688. The molecule has 1 saturated heterocycles. The molecule has 8 heteroatoms. The van der Waals surface area contributed by atoms with Gasteiger partial charge in [-0.15, -0.1) is 0 Å². The first-order valence-corrected chi connectivity index (χ1v) is 11.1. The van der Waals surface area contributed by atoms with Crippen LogP contribution in [0.15, 0.2) is 60.0 Å². The molecular weight excluding hydrogens is 410 g/mol. The predicted octanol–water partition coefficient (Wildman–Crippen LogP) is 3.58. The number of fused-ring (bicyclic) bond motifs is 1. The Labute approximate surface area is 174 Å². The Morgan fingerprint density at radius 3 is 2.31 bits per heavy atom. The fraction of sp³-hybridized carbons (Fsp3) is 0.190. The molecule has 150 valence electrons. The van der Waals surface area contributed by atoms with Crippen LogP contribution in [0.1, 0.15) is 16.1 Å². The fourth-order valence-electron chi connectivity index (χ4n) is 3.37. The van der Waals surface area contributed by atoms with Gasteiger partial charge in [0.2, 0.25) is 10.0 Å². The largest absolute Gasteiger partial charge is 0.349 e. The summed E-state index contributed by atoms with van der Waals surface area (Å²) < 4.78 is 26.6. The molecule has 0 aliphatic carbocycles. The number of H-pyrrole nitrogens is 1. The van der Waals surface area contributed by atoms with E-state index >= 15 is 0 Å². The first kappa shape index (κ1) is 19.7. The van der Waals surface area contributed by atoms with Crippen LogP contribution < -0.4 is 0 Å². The van der Waals surface area contributed by atoms with Crippen LogP contribution in [0.5, 0.6) is 0 Å². The second kappa shape index (κ2) is 8.02. The molecule has 0 saturated carbocycles. The third-order valence-electron chi connectivity index (χ3n) is 4.97. The van der Waals surface area contributed by atoms with E-state index in [-0.39, 0.29) is 19.0 Å². The zero-order valence-corrected chi connectivity index (χ0v) is 17.2. The number of nitrogens with zero attached hydrogens (tertiary/aromatic N) is 2. The Kier molecular flexibility index (Phi) is 5.45. The Balaban J connectivity index is 1.44. The standard InChI is InChI=1S/C21H20ClN3O3S/c22-19-17-8-4-5-9-18(17)23-20(19)21(26)24-11-13-25(14-12-24)29(27,28)15-10-16-6-2-1-3-7-16/h1-10,15,23H,11-14H2/b15-10+. The summed E-state index contributed by atoms with van der Waals surface area (Å²) in [6.07, 6.45) is 1.58. The molecule has 2 heterocycles. The number of amides is 1. The van der Waals surface area contributed by atoms with Crippen molar-refractivity contribution in [2.24, 2.45) is 0 Å². The Hall–Kier alpha value is -2.61. The average Bonchev–Trinajstić information content (AvgIpc) is 3.09. The number of rotatable bonds is 4. The van der Waals surface area contributed by atoms with Gasteiger partial charge in [0.05, 0.1) is 5.02 Å². The van der Waals surface area contributed by atoms with E-state index in [4.69, 9.17) is 11.6 Å². The van der Waals surface area contributed by atoms with E-state index in [2.05, 4.69) is 4.98 Å². The summed E-state index contributed by atoms with van der Waals surface area (Å²) in [7, 11) is -3.54. The molecule has 1 aromatic heterocycles. The topological polar surface area (TPSA) is 73.5 Å². The summed E-state index contributed by atoms with van der Waals surface area (Å²) in [5.74, 6) is -0.219. The molecule has 1 aliphatic rings. The van der Waals surface area contributed by atoms with Crippen molar-refractivity contribution < 1.29 is 13.2 Å². The van der Waals surface area contributed by atoms with Gasteiger partial charge >= 0.3 is 0 Å². The lowest BCUT2D eigenvalue weighted by Crippen LogP contribution is -2.50. The van der Waals surface area contributed by atoms with Crippen molar-refractivity contribution in [3.8, 4) is 0 Å². The number of aromatic amines is 1. The summed E-state index contributed by atoms with van der Waals surface area (Å²) in [4.78, 5) is 17.6. The molecule has 0 spiro atoms. The molecule has 29 heavy (non-hydrogen) atoms. The van der Waals surface area contributed by atoms with Crippen LogP contribution in [0.25, 0.3) is 17.0 Å². The van der Waals surface area contributed by atoms with Gasteiger partial charge in [-0.1, -0.05) is 60.1 Å². The predicted molar refractivity (Wildman–Crippen MR) is 115 cm³/mol. The van der Waals surface area contributed by atoms with E-state index in [0.717, 1.165) is 16.5 Å². The molecule has 3 aromatic rings. The lowest BCUT2D eigenvalue weighted by Gasteiger charge is -2.33. The Morgan fingerprint density at radius 2 is 1.62 bits per heavy atom. The summed E-state index contributed by atoms with van der Waals surface area (Å²) in [5, 5.41) is 2.41. The van der Waals surface area contributed by atoms with Crippen LogP contribution in [0.2, 0.25) is 5.02 Å². The minimum atomic E-state index is -3.54. The van der Waals surface area contributed by atoms with Gasteiger partial charge in [0.15, 0.2) is 0 Å². The number of sulfonamides is 1. The van der Waals surface area contributed by atoms with Crippen molar-refractivity contribution in [3.63, 3.8) is 0 Å². The number of hydrogen-bond acceptors (Lipinski definition) is 3. The second-order valence-corrected chi connectivity index (χ2v) is 9.01. The Morgan fingerprint density at radius 1 is 0.966 bits per heavy atom. The highest BCUT2D eigenvalue weighted by atomic mass is 35.5. The van der Waals surface area contributed by atoms with Crippen molar-refractivity contribution in [1.29, 1.82) is 0 Å². The van der Waals surface area contributed by atoms with E-state index in [1.165, 1.54) is 9.71 Å². The van der Waals surface area contributed by atoms with E-state index in [9.17, 15) is 13.2 Å². The minimum absolute atomic E-state index is 0.219. The number of carbonyl (C=O) groups is 1. The van der Waals surface area contributed by atoms with Crippen molar-refractivity contribution in [3.05, 3.63) is 76.3 Å². The van der Waals surface area contributed by atoms with Crippen molar-refractivity contribution in [2.45, 2.75) is 0 Å². The molecule has 4 rings (SSSR count). The van der Waals surface area contributed by atoms with Crippen LogP contribution in [0, 0.1) is 0 Å². The van der Waals surface area contributed by atoms with Gasteiger partial charge in [-0.2, -0.15) is 4.31 Å². The number of benzene rings is 2. The maximum absolute atomic E-state index is 12.9. The lowest BCUT2D eigenvalue weighted by molar-refractivity contribution is 0.0694. The highest BCUT2D eigenvalue weighted by Crippen LogP contribution is 2.28. The summed E-state index contributed by atoms with van der Waals surface area (Å²) in [5.41, 5.74) is 1.96. The molecule has 0 radical (unpaired) electrons. The maximum atomic E-state index is 12.9. The van der Waals surface area contributed by atoms with Gasteiger partial charge in [0, 0.05) is 42.5 Å². The zero-order chi connectivity index (χ0) is 20.4. The molecule has 1 fully saturated rings. The van der Waals surface area contributed by atoms with Crippen LogP contribution in [-0.2, 0) is 10.0 Å². The molecule has 1 aliphatic heterocycles. The van der Waals surface area contributed by atoms with E-state index < -0.39 is 10.0 Å². The van der Waals surface area contributed by atoms with Crippen molar-refractivity contribution >= 4 is 44.5 Å². The van der Waals surface area contributed by atoms with Gasteiger partial charge in [0.1, 0.15) is 5.69 Å². The van der Waals surface area contributed by atoms with Crippen LogP contribution in [-0.4, -0.2) is 54.7 Å². The second-order valence-electron chi connectivity index (χ2n) is 6.81. The average molecular weight is 430 g/mol. The summed E-state index contributed by atoms with van der Waals surface area (Å²) >= 11 is 6.38. The molecule has 0 atom stereocenters. The van der Waals surface area contributed by atoms with Gasteiger partial charge in [-0.25, -0.2) is 8.42 Å². The fourth-order valence-corrected chi connectivity index (χ4v) is 4.84. The molecule has 1 N–H and O–H groups in total. The first-order chi connectivity index (χ1) is 14.0. The first-order valence-electron chi connectivity index (χ1n) is 9.24. The number of piperazine rings is 1. The molecule has 0 bridgehead atoms. The monoisotopic (exact) mass is 429 g/mol. The molecule has 0 unspecified atom stereocenters. The number of nitrogens with one attached hydrogen (secondary N) is 1. The molecule has 6 nitrogen and oxygen atoms in total. The van der Waals surface area contributed by atoms with E-state index in [1.54, 1.807) is 11.0 Å². The van der Waals surface area contributed by atoms with Crippen LogP contribution >= 0.6 is 11.6 Å². The van der Waals surface area contributed by atoms with Crippen LogP contribution in [0.4, 0.5) is 0 Å². The van der Waals surface area contributed by atoms with Gasteiger partial charge in [0.25, 0.3) is 5.91 Å². The highest BCUT2D eigenvalue weighted by Gasteiger charge is 2.29. The number of para-hydroxylation sites is 1. The number of aromatic nitrogens is 1. The van der Waals surface area contributed by atoms with Crippen molar-refractivity contribution in [1.82, 2.24) is 14.2 Å². The number of halogens is 1. The Bertz CT molecular complexity index is 1160. The smallest absolute Gasteiger partial charge is 0.271 e. The minimum Gasteiger partial charge on any atom is -0.349 e. The molecule has 1 amide bonds. The molecule has 2 aromatic carbocycles. The summed E-state index contributed by atoms with van der Waals surface area (Å²) in [6.45, 7) is 1.10. The zero-order valence-electron chi connectivity index (χ0n) is 15.6. The number of hydrogen-bond donors (Lipinski definition) is 1. The number of carbonyl (C=O) groups excluding carboxylic acids is 1. The SMILES string of the molecule is O=C(c1[nH]c2ccccc2c1Cl)N1CCN(S(=O)(=O)/C=C/c2ccccc2)CC1. The third kappa shape index (κ3) is 4.07. The lowest BCUT2D eigenvalue weighted by atomic mass is 10.2. The van der Waals surface area contributed by atoms with Crippen molar-refractivity contribution in [2.75, 3.05) is 26.2 Å². The van der Waals surface area contributed by atoms with Gasteiger partial charge < -0.3 is 9.88 Å². The third-order valence-corrected chi connectivity index (χ3v) is 6.93. The van der Waals surface area contributed by atoms with Gasteiger partial charge in [-0.05, 0) is 17.7 Å².